The Hall–Kier alpha value is -0.720. The predicted octanol–water partition coefficient (Wildman–Crippen LogP) is 1.88. The van der Waals surface area contributed by atoms with Gasteiger partial charge < -0.3 is 4.74 Å². The summed E-state index contributed by atoms with van der Waals surface area (Å²) in [5, 5.41) is 0.468. The van der Waals surface area contributed by atoms with Crippen LogP contribution in [0.2, 0.25) is 0 Å². The minimum Gasteiger partial charge on any atom is -0.495 e. The minimum atomic E-state index is -3.44. The van der Waals surface area contributed by atoms with Gasteiger partial charge in [-0.1, -0.05) is 6.07 Å². The molecule has 0 amide bonds. The van der Waals surface area contributed by atoms with Gasteiger partial charge in [0.2, 0.25) is 10.0 Å². The molecule has 3 rings (SSSR count). The summed E-state index contributed by atoms with van der Waals surface area (Å²) in [6.07, 6.45) is 0.984. The number of rotatable bonds is 3. The third-order valence-electron chi connectivity index (χ3n) is 3.76. The molecule has 6 heteroatoms. The van der Waals surface area contributed by atoms with Gasteiger partial charge in [0.1, 0.15) is 10.6 Å². The van der Waals surface area contributed by atoms with Crippen molar-refractivity contribution in [3.8, 4) is 5.75 Å². The maximum absolute atomic E-state index is 12.8. The highest BCUT2D eigenvalue weighted by atomic mass is 32.2. The molecule has 0 N–H and O–H groups in total. The number of hydrogen-bond acceptors (Lipinski definition) is 4. The summed E-state index contributed by atoms with van der Waals surface area (Å²) in [5.74, 6) is 1.35. The van der Waals surface area contributed by atoms with Gasteiger partial charge in [0, 0.05) is 23.6 Å². The van der Waals surface area contributed by atoms with Gasteiger partial charge in [0.25, 0.3) is 0 Å². The van der Waals surface area contributed by atoms with Gasteiger partial charge in [0.15, 0.2) is 0 Å². The molecule has 1 aromatic rings. The number of ether oxygens (including phenoxy) is 1. The van der Waals surface area contributed by atoms with Gasteiger partial charge in [-0.25, -0.2) is 8.42 Å². The molecule has 2 aliphatic heterocycles. The van der Waals surface area contributed by atoms with Crippen LogP contribution in [-0.2, 0) is 10.0 Å². The van der Waals surface area contributed by atoms with Crippen LogP contribution in [0.5, 0.6) is 5.75 Å². The van der Waals surface area contributed by atoms with Gasteiger partial charge in [-0.2, -0.15) is 16.1 Å². The van der Waals surface area contributed by atoms with Crippen LogP contribution in [0.3, 0.4) is 0 Å². The molecule has 19 heavy (non-hydrogen) atoms. The van der Waals surface area contributed by atoms with E-state index in [0.717, 1.165) is 17.7 Å². The zero-order valence-corrected chi connectivity index (χ0v) is 12.6. The Bertz CT molecular complexity index is 600. The average Bonchev–Trinajstić information content (AvgIpc) is 3.01. The fourth-order valence-electron chi connectivity index (χ4n) is 2.77. The van der Waals surface area contributed by atoms with Crippen LogP contribution in [0.4, 0.5) is 0 Å². The van der Waals surface area contributed by atoms with E-state index in [9.17, 15) is 8.42 Å². The molecule has 2 heterocycles. The highest BCUT2D eigenvalue weighted by Crippen LogP contribution is 2.41. The van der Waals surface area contributed by atoms with E-state index in [1.807, 2.05) is 24.8 Å². The lowest BCUT2D eigenvalue weighted by Gasteiger charge is -2.26. The number of sulfonamides is 1. The van der Waals surface area contributed by atoms with E-state index >= 15 is 0 Å². The van der Waals surface area contributed by atoms with Crippen LogP contribution in [0.25, 0.3) is 0 Å². The molecule has 0 spiro atoms. The van der Waals surface area contributed by atoms with Crippen molar-refractivity contribution < 1.29 is 13.2 Å². The lowest BCUT2D eigenvalue weighted by Crippen LogP contribution is -2.39. The second-order valence-electron chi connectivity index (χ2n) is 5.07. The molecule has 4 nitrogen and oxygen atoms in total. The molecule has 104 valence electrons. The fourth-order valence-corrected chi connectivity index (χ4v) is 6.32. The van der Waals surface area contributed by atoms with Crippen molar-refractivity contribution in [3.63, 3.8) is 0 Å². The van der Waals surface area contributed by atoms with Crippen molar-refractivity contribution in [1.82, 2.24) is 4.31 Å². The zero-order valence-electron chi connectivity index (χ0n) is 11.0. The van der Waals surface area contributed by atoms with Crippen molar-refractivity contribution in [2.45, 2.75) is 29.5 Å². The smallest absolute Gasteiger partial charge is 0.247 e. The van der Waals surface area contributed by atoms with Crippen molar-refractivity contribution in [1.29, 1.82) is 0 Å². The topological polar surface area (TPSA) is 46.6 Å². The van der Waals surface area contributed by atoms with E-state index in [4.69, 9.17) is 4.74 Å². The average molecular weight is 299 g/mol. The third kappa shape index (κ3) is 2.15. The highest BCUT2D eigenvalue weighted by Gasteiger charge is 2.45. The van der Waals surface area contributed by atoms with Crippen molar-refractivity contribution in [2.75, 3.05) is 19.4 Å². The van der Waals surface area contributed by atoms with Crippen LogP contribution < -0.4 is 4.74 Å². The molecular formula is C13H17NO3S2. The second kappa shape index (κ2) is 4.68. The molecule has 2 unspecified atom stereocenters. The summed E-state index contributed by atoms with van der Waals surface area (Å²) in [7, 11) is -1.93. The molecule has 2 atom stereocenters. The summed E-state index contributed by atoms with van der Waals surface area (Å²) >= 11 is 1.88. The Labute approximate surface area is 118 Å². The Morgan fingerprint density at radius 3 is 2.79 bits per heavy atom. The number of hydrogen-bond donors (Lipinski definition) is 0. The highest BCUT2D eigenvalue weighted by molar-refractivity contribution is 8.00. The van der Waals surface area contributed by atoms with E-state index in [0.29, 0.717) is 22.4 Å². The summed E-state index contributed by atoms with van der Waals surface area (Å²) in [5.41, 5.74) is 0.929. The number of thioether (sulfide) groups is 1. The lowest BCUT2D eigenvalue weighted by atomic mass is 10.2. The molecule has 0 radical (unpaired) electrons. The lowest BCUT2D eigenvalue weighted by molar-refractivity contribution is 0.387. The first kappa shape index (κ1) is 13.3. The molecule has 2 bridgehead atoms. The maximum Gasteiger partial charge on any atom is 0.247 e. The summed E-state index contributed by atoms with van der Waals surface area (Å²) < 4.78 is 32.5. The summed E-state index contributed by atoms with van der Waals surface area (Å²) in [6.45, 7) is 2.53. The Kier molecular flexibility index (Phi) is 3.27. The number of methoxy groups -OCH3 is 1. The fraction of sp³-hybridized carbons (Fsp3) is 0.538. The van der Waals surface area contributed by atoms with Crippen LogP contribution in [0, 0.1) is 6.92 Å². The normalized spacial score (nSPS) is 26.8. The number of fused-ring (bicyclic) bond motifs is 2. The SMILES string of the molecule is COc1ccc(C)cc1S(=O)(=O)N1CC2CC1CS2. The zero-order chi connectivity index (χ0) is 13.6. The monoisotopic (exact) mass is 299 g/mol. The van der Waals surface area contributed by atoms with Gasteiger partial charge in [-0.05, 0) is 31.0 Å². The van der Waals surface area contributed by atoms with Gasteiger partial charge in [0.05, 0.1) is 7.11 Å². The van der Waals surface area contributed by atoms with Gasteiger partial charge >= 0.3 is 0 Å². The maximum atomic E-state index is 12.8. The van der Waals surface area contributed by atoms with Gasteiger partial charge in [-0.15, -0.1) is 0 Å². The predicted molar refractivity (Wildman–Crippen MR) is 76.3 cm³/mol. The van der Waals surface area contributed by atoms with E-state index in [1.165, 1.54) is 7.11 Å². The quantitative estimate of drug-likeness (QED) is 0.855. The van der Waals surface area contributed by atoms with E-state index in [-0.39, 0.29) is 6.04 Å². The molecule has 0 saturated carbocycles. The largest absolute Gasteiger partial charge is 0.495 e. The first-order valence-corrected chi connectivity index (χ1v) is 8.79. The first-order chi connectivity index (χ1) is 9.02. The molecule has 0 aliphatic carbocycles. The number of nitrogens with zero attached hydrogens (tertiary/aromatic N) is 1. The van der Waals surface area contributed by atoms with E-state index < -0.39 is 10.0 Å². The Morgan fingerprint density at radius 2 is 2.21 bits per heavy atom. The first-order valence-electron chi connectivity index (χ1n) is 6.30. The van der Waals surface area contributed by atoms with Crippen LogP contribution in [0.1, 0.15) is 12.0 Å². The molecule has 2 fully saturated rings. The van der Waals surface area contributed by atoms with Crippen LogP contribution in [-0.4, -0.2) is 43.4 Å². The van der Waals surface area contributed by atoms with Gasteiger partial charge in [-0.3, -0.25) is 0 Å². The van der Waals surface area contributed by atoms with E-state index in [2.05, 4.69) is 0 Å². The standard InChI is InChI=1S/C13H17NO3S2/c1-9-3-4-12(17-2)13(5-9)19(15,16)14-7-11-6-10(14)8-18-11/h3-5,10-11H,6-8H2,1-2H3. The molecular weight excluding hydrogens is 282 g/mol. The summed E-state index contributed by atoms with van der Waals surface area (Å²) in [4.78, 5) is 0.299. The molecule has 2 aliphatic rings. The molecule has 0 aromatic heterocycles. The number of benzene rings is 1. The van der Waals surface area contributed by atoms with E-state index in [1.54, 1.807) is 16.4 Å². The molecule has 1 aromatic carbocycles. The van der Waals surface area contributed by atoms with Crippen molar-refractivity contribution in [2.24, 2.45) is 0 Å². The Morgan fingerprint density at radius 1 is 1.42 bits per heavy atom. The molecule has 2 saturated heterocycles. The summed E-state index contributed by atoms with van der Waals surface area (Å²) in [6, 6.07) is 5.45. The van der Waals surface area contributed by atoms with Crippen LogP contribution >= 0.6 is 11.8 Å². The third-order valence-corrected chi connectivity index (χ3v) is 7.09. The van der Waals surface area contributed by atoms with Crippen molar-refractivity contribution >= 4 is 21.8 Å². The second-order valence-corrected chi connectivity index (χ2v) is 8.27. The Balaban J connectivity index is 2.03. The van der Waals surface area contributed by atoms with Crippen molar-refractivity contribution in [3.05, 3.63) is 23.8 Å². The minimum absolute atomic E-state index is 0.158. The number of aryl methyl sites for hydroxylation is 1. The van der Waals surface area contributed by atoms with Crippen LogP contribution in [0.15, 0.2) is 23.1 Å².